The molecule has 0 spiro atoms. The van der Waals surface area contributed by atoms with Gasteiger partial charge in [-0.05, 0) is 24.6 Å². The molecule has 0 atom stereocenters. The SMILES string of the molecule is COCCNC(=O)c1ccnc(C(=O)NCc2cccc(C)c2)c1. The van der Waals surface area contributed by atoms with E-state index in [9.17, 15) is 9.59 Å². The maximum atomic E-state index is 12.2. The Balaban J connectivity index is 1.97. The number of carbonyl (C=O) groups excluding carboxylic acids is 2. The molecular formula is C18H21N3O3. The van der Waals surface area contributed by atoms with Crippen LogP contribution >= 0.6 is 0 Å². The summed E-state index contributed by atoms with van der Waals surface area (Å²) in [4.78, 5) is 28.2. The molecule has 2 amide bonds. The number of nitrogens with one attached hydrogen (secondary N) is 2. The highest BCUT2D eigenvalue weighted by molar-refractivity contribution is 5.98. The Bertz CT molecular complexity index is 716. The summed E-state index contributed by atoms with van der Waals surface area (Å²) in [6.45, 7) is 3.25. The molecule has 0 aliphatic heterocycles. The topological polar surface area (TPSA) is 80.3 Å². The lowest BCUT2D eigenvalue weighted by atomic mass is 10.1. The van der Waals surface area contributed by atoms with Crippen molar-refractivity contribution >= 4 is 11.8 Å². The normalized spacial score (nSPS) is 10.2. The molecule has 0 saturated heterocycles. The molecule has 1 heterocycles. The lowest BCUT2D eigenvalue weighted by Crippen LogP contribution is -2.28. The first-order valence-electron chi connectivity index (χ1n) is 7.67. The molecule has 24 heavy (non-hydrogen) atoms. The highest BCUT2D eigenvalue weighted by atomic mass is 16.5. The number of amides is 2. The number of aryl methyl sites for hydroxylation is 1. The molecule has 6 heteroatoms. The molecule has 6 nitrogen and oxygen atoms in total. The second-order valence-corrected chi connectivity index (χ2v) is 5.35. The van der Waals surface area contributed by atoms with Crippen LogP contribution in [0.2, 0.25) is 0 Å². The van der Waals surface area contributed by atoms with Crippen molar-refractivity contribution in [2.45, 2.75) is 13.5 Å². The van der Waals surface area contributed by atoms with Gasteiger partial charge in [-0.1, -0.05) is 29.8 Å². The van der Waals surface area contributed by atoms with Crippen LogP contribution in [0.25, 0.3) is 0 Å². The largest absolute Gasteiger partial charge is 0.383 e. The molecule has 0 aliphatic carbocycles. The Morgan fingerprint density at radius 3 is 2.71 bits per heavy atom. The van der Waals surface area contributed by atoms with Gasteiger partial charge in [-0.3, -0.25) is 14.6 Å². The van der Waals surface area contributed by atoms with E-state index in [0.717, 1.165) is 11.1 Å². The van der Waals surface area contributed by atoms with Crippen LogP contribution < -0.4 is 10.6 Å². The van der Waals surface area contributed by atoms with E-state index in [0.29, 0.717) is 25.3 Å². The summed E-state index contributed by atoms with van der Waals surface area (Å²) in [5.74, 6) is -0.578. The van der Waals surface area contributed by atoms with Gasteiger partial charge in [0, 0.05) is 32.0 Å². The van der Waals surface area contributed by atoms with Crippen LogP contribution in [-0.2, 0) is 11.3 Å². The Morgan fingerprint density at radius 2 is 1.96 bits per heavy atom. The van der Waals surface area contributed by atoms with Crippen LogP contribution in [0.4, 0.5) is 0 Å². The van der Waals surface area contributed by atoms with Crippen molar-refractivity contribution in [1.82, 2.24) is 15.6 Å². The third-order valence-electron chi connectivity index (χ3n) is 3.38. The molecular weight excluding hydrogens is 306 g/mol. The average molecular weight is 327 g/mol. The average Bonchev–Trinajstić information content (AvgIpc) is 2.60. The summed E-state index contributed by atoms with van der Waals surface area (Å²) in [6, 6.07) is 10.9. The standard InChI is InChI=1S/C18H21N3O3/c1-13-4-3-5-14(10-13)12-21-18(23)16-11-15(6-7-19-16)17(22)20-8-9-24-2/h3-7,10-11H,8-9,12H2,1-2H3,(H,20,22)(H,21,23). The molecule has 2 aromatic rings. The van der Waals surface area contributed by atoms with Crippen LogP contribution in [0.15, 0.2) is 42.6 Å². The molecule has 0 aliphatic rings. The Morgan fingerprint density at radius 1 is 1.12 bits per heavy atom. The Labute approximate surface area is 141 Å². The molecule has 126 valence electrons. The molecule has 0 fully saturated rings. The first-order chi connectivity index (χ1) is 11.6. The van der Waals surface area contributed by atoms with Gasteiger partial charge in [-0.2, -0.15) is 0 Å². The van der Waals surface area contributed by atoms with E-state index in [1.54, 1.807) is 13.2 Å². The minimum Gasteiger partial charge on any atom is -0.383 e. The number of rotatable bonds is 7. The minimum absolute atomic E-state index is 0.210. The fourth-order valence-corrected chi connectivity index (χ4v) is 2.16. The third-order valence-corrected chi connectivity index (χ3v) is 3.38. The number of hydrogen-bond acceptors (Lipinski definition) is 4. The van der Waals surface area contributed by atoms with Gasteiger partial charge in [0.2, 0.25) is 0 Å². The predicted molar refractivity (Wildman–Crippen MR) is 90.8 cm³/mol. The van der Waals surface area contributed by atoms with Gasteiger partial charge in [0.05, 0.1) is 6.61 Å². The van der Waals surface area contributed by atoms with Crippen LogP contribution in [-0.4, -0.2) is 37.1 Å². The zero-order valence-corrected chi connectivity index (χ0v) is 13.8. The highest BCUT2D eigenvalue weighted by Gasteiger charge is 2.11. The molecule has 0 unspecified atom stereocenters. The van der Waals surface area contributed by atoms with Gasteiger partial charge in [0.25, 0.3) is 11.8 Å². The van der Waals surface area contributed by atoms with Crippen LogP contribution in [0.3, 0.4) is 0 Å². The first-order valence-corrected chi connectivity index (χ1v) is 7.67. The summed E-state index contributed by atoms with van der Waals surface area (Å²) in [5.41, 5.74) is 2.75. The zero-order chi connectivity index (χ0) is 17.4. The van der Waals surface area contributed by atoms with Crippen molar-refractivity contribution in [1.29, 1.82) is 0 Å². The summed E-state index contributed by atoms with van der Waals surface area (Å²) >= 11 is 0. The van der Waals surface area contributed by atoms with E-state index in [1.807, 2.05) is 31.2 Å². The van der Waals surface area contributed by atoms with Gasteiger partial charge >= 0.3 is 0 Å². The van der Waals surface area contributed by atoms with E-state index in [4.69, 9.17) is 4.74 Å². The Kier molecular flexibility index (Phi) is 6.45. The number of methoxy groups -OCH3 is 1. The quantitative estimate of drug-likeness (QED) is 0.759. The number of nitrogens with zero attached hydrogens (tertiary/aromatic N) is 1. The van der Waals surface area contributed by atoms with Crippen molar-refractivity contribution in [2.75, 3.05) is 20.3 Å². The van der Waals surface area contributed by atoms with Crippen molar-refractivity contribution in [3.63, 3.8) is 0 Å². The maximum Gasteiger partial charge on any atom is 0.270 e. The van der Waals surface area contributed by atoms with E-state index < -0.39 is 0 Å². The van der Waals surface area contributed by atoms with E-state index >= 15 is 0 Å². The molecule has 0 radical (unpaired) electrons. The van der Waals surface area contributed by atoms with Crippen molar-refractivity contribution < 1.29 is 14.3 Å². The predicted octanol–water partition coefficient (Wildman–Crippen LogP) is 1.70. The number of hydrogen-bond donors (Lipinski definition) is 2. The molecule has 0 bridgehead atoms. The first kappa shape index (κ1) is 17.6. The molecule has 1 aromatic carbocycles. The van der Waals surface area contributed by atoms with E-state index in [2.05, 4.69) is 15.6 Å². The maximum absolute atomic E-state index is 12.2. The number of carbonyl (C=O) groups is 2. The second kappa shape index (κ2) is 8.79. The summed E-state index contributed by atoms with van der Waals surface area (Å²) < 4.78 is 4.88. The Hall–Kier alpha value is -2.73. The smallest absolute Gasteiger partial charge is 0.270 e. The van der Waals surface area contributed by atoms with Crippen LogP contribution in [0.5, 0.6) is 0 Å². The van der Waals surface area contributed by atoms with Crippen molar-refractivity contribution in [2.24, 2.45) is 0 Å². The summed E-state index contributed by atoms with van der Waals surface area (Å²) in [5, 5.41) is 5.51. The van der Waals surface area contributed by atoms with E-state index in [1.165, 1.54) is 12.3 Å². The summed E-state index contributed by atoms with van der Waals surface area (Å²) in [7, 11) is 1.56. The van der Waals surface area contributed by atoms with Crippen LogP contribution in [0, 0.1) is 6.92 Å². The van der Waals surface area contributed by atoms with Gasteiger partial charge in [-0.25, -0.2) is 0 Å². The second-order valence-electron chi connectivity index (χ2n) is 5.35. The molecule has 1 aromatic heterocycles. The summed E-state index contributed by atoms with van der Waals surface area (Å²) in [6.07, 6.45) is 1.45. The van der Waals surface area contributed by atoms with Gasteiger partial charge < -0.3 is 15.4 Å². The fourth-order valence-electron chi connectivity index (χ4n) is 2.16. The highest BCUT2D eigenvalue weighted by Crippen LogP contribution is 2.05. The minimum atomic E-state index is -0.317. The van der Waals surface area contributed by atoms with Gasteiger partial charge in [0.15, 0.2) is 0 Å². The molecule has 2 rings (SSSR count). The monoisotopic (exact) mass is 327 g/mol. The lowest BCUT2D eigenvalue weighted by Gasteiger charge is -2.08. The van der Waals surface area contributed by atoms with Gasteiger partial charge in [0.1, 0.15) is 5.69 Å². The third kappa shape index (κ3) is 5.17. The molecule has 2 N–H and O–H groups in total. The zero-order valence-electron chi connectivity index (χ0n) is 13.8. The number of benzene rings is 1. The number of aromatic nitrogens is 1. The number of ether oxygens (including phenoxy) is 1. The van der Waals surface area contributed by atoms with E-state index in [-0.39, 0.29) is 17.5 Å². The van der Waals surface area contributed by atoms with Gasteiger partial charge in [-0.15, -0.1) is 0 Å². The fraction of sp³-hybridized carbons (Fsp3) is 0.278. The molecule has 0 saturated carbocycles. The van der Waals surface area contributed by atoms with Crippen molar-refractivity contribution in [3.8, 4) is 0 Å². The number of pyridine rings is 1. The lowest BCUT2D eigenvalue weighted by molar-refractivity contribution is 0.0937. The van der Waals surface area contributed by atoms with Crippen LogP contribution in [0.1, 0.15) is 32.0 Å². The van der Waals surface area contributed by atoms with Crippen molar-refractivity contribution in [3.05, 3.63) is 65.0 Å².